The maximum atomic E-state index is 11.8. The van der Waals surface area contributed by atoms with E-state index in [2.05, 4.69) is 0 Å². The lowest BCUT2D eigenvalue weighted by Gasteiger charge is -2.03. The van der Waals surface area contributed by atoms with Crippen molar-refractivity contribution >= 4 is 11.3 Å². The smallest absolute Gasteiger partial charge is 0.273 e. The molecule has 3 nitrogen and oxygen atoms in total. The van der Waals surface area contributed by atoms with Crippen LogP contribution in [0.4, 0.5) is 0 Å². The topological polar surface area (TPSA) is 45.8 Å². The number of thiophene rings is 1. The van der Waals surface area contributed by atoms with Crippen LogP contribution in [0.5, 0.6) is 0 Å². The molecule has 74 valence electrons. The van der Waals surface area contributed by atoms with Crippen LogP contribution in [0.15, 0.2) is 34.6 Å². The number of hydrogen-bond acceptors (Lipinski definition) is 3. The SMILES string of the molecule is Cc1ccsc1-n1cccc(C#N)c1=O. The van der Waals surface area contributed by atoms with E-state index in [9.17, 15) is 4.79 Å². The fourth-order valence-corrected chi connectivity index (χ4v) is 2.26. The number of rotatable bonds is 1. The van der Waals surface area contributed by atoms with Gasteiger partial charge in [-0.2, -0.15) is 5.26 Å². The fourth-order valence-electron chi connectivity index (χ4n) is 1.35. The van der Waals surface area contributed by atoms with Gasteiger partial charge in [0.2, 0.25) is 0 Å². The quantitative estimate of drug-likeness (QED) is 0.732. The Morgan fingerprint density at radius 1 is 1.47 bits per heavy atom. The zero-order valence-electron chi connectivity index (χ0n) is 8.10. The Morgan fingerprint density at radius 2 is 2.27 bits per heavy atom. The molecule has 0 saturated heterocycles. The van der Waals surface area contributed by atoms with Crippen LogP contribution in [0.3, 0.4) is 0 Å². The zero-order chi connectivity index (χ0) is 10.8. The predicted octanol–water partition coefficient (Wildman–Crippen LogP) is 2.08. The van der Waals surface area contributed by atoms with Gasteiger partial charge in [0.05, 0.1) is 0 Å². The summed E-state index contributed by atoms with van der Waals surface area (Å²) in [4.78, 5) is 11.8. The lowest BCUT2D eigenvalue weighted by atomic mass is 10.3. The molecule has 0 bridgehead atoms. The summed E-state index contributed by atoms with van der Waals surface area (Å²) in [5.74, 6) is 0. The number of aryl methyl sites for hydroxylation is 1. The molecule has 0 fully saturated rings. The molecule has 0 N–H and O–H groups in total. The summed E-state index contributed by atoms with van der Waals surface area (Å²) in [5, 5.41) is 11.5. The van der Waals surface area contributed by atoms with Crippen LogP contribution < -0.4 is 5.56 Å². The summed E-state index contributed by atoms with van der Waals surface area (Å²) in [6.07, 6.45) is 1.68. The van der Waals surface area contributed by atoms with E-state index in [0.717, 1.165) is 10.6 Å². The van der Waals surface area contributed by atoms with Gasteiger partial charge in [-0.05, 0) is 36.1 Å². The molecule has 2 rings (SSSR count). The highest BCUT2D eigenvalue weighted by Crippen LogP contribution is 2.18. The van der Waals surface area contributed by atoms with E-state index in [1.54, 1.807) is 12.3 Å². The summed E-state index contributed by atoms with van der Waals surface area (Å²) in [7, 11) is 0. The third-order valence-corrected chi connectivity index (χ3v) is 3.14. The normalized spacial score (nSPS) is 9.87. The highest BCUT2D eigenvalue weighted by molar-refractivity contribution is 7.12. The summed E-state index contributed by atoms with van der Waals surface area (Å²) in [6, 6.07) is 7.08. The van der Waals surface area contributed by atoms with Gasteiger partial charge in [-0.15, -0.1) is 11.3 Å². The van der Waals surface area contributed by atoms with Gasteiger partial charge in [0.15, 0.2) is 0 Å². The number of aromatic nitrogens is 1. The van der Waals surface area contributed by atoms with Crippen molar-refractivity contribution in [2.75, 3.05) is 0 Å². The Bertz CT molecular complexity index is 589. The monoisotopic (exact) mass is 216 g/mol. The van der Waals surface area contributed by atoms with Gasteiger partial charge in [-0.3, -0.25) is 9.36 Å². The van der Waals surface area contributed by atoms with E-state index in [1.165, 1.54) is 22.0 Å². The maximum absolute atomic E-state index is 11.8. The average Bonchev–Trinajstić information content (AvgIpc) is 2.65. The average molecular weight is 216 g/mol. The number of nitrogens with zero attached hydrogens (tertiary/aromatic N) is 2. The first-order chi connectivity index (χ1) is 7.24. The number of pyridine rings is 1. The molecule has 0 unspecified atom stereocenters. The molecule has 0 aliphatic heterocycles. The van der Waals surface area contributed by atoms with Crippen molar-refractivity contribution in [1.29, 1.82) is 5.26 Å². The molecule has 2 aromatic heterocycles. The van der Waals surface area contributed by atoms with Gasteiger partial charge in [-0.1, -0.05) is 0 Å². The molecule has 0 spiro atoms. The van der Waals surface area contributed by atoms with E-state index in [-0.39, 0.29) is 11.1 Å². The van der Waals surface area contributed by atoms with Crippen LogP contribution in [0, 0.1) is 18.3 Å². The second-order valence-electron chi connectivity index (χ2n) is 3.12. The van der Waals surface area contributed by atoms with Crippen molar-refractivity contribution in [3.05, 3.63) is 51.3 Å². The summed E-state index contributed by atoms with van der Waals surface area (Å²) >= 11 is 1.49. The Kier molecular flexibility index (Phi) is 2.40. The first kappa shape index (κ1) is 9.69. The molecule has 2 heterocycles. The summed E-state index contributed by atoms with van der Waals surface area (Å²) < 4.78 is 1.51. The lowest BCUT2D eigenvalue weighted by molar-refractivity contribution is 0.994. The highest BCUT2D eigenvalue weighted by atomic mass is 32.1. The molecule has 0 aliphatic rings. The van der Waals surface area contributed by atoms with Gasteiger partial charge < -0.3 is 0 Å². The molecular weight excluding hydrogens is 208 g/mol. The Hall–Kier alpha value is -1.86. The third-order valence-electron chi connectivity index (χ3n) is 2.12. The van der Waals surface area contributed by atoms with Crippen LogP contribution in [-0.4, -0.2) is 4.57 Å². The molecule has 2 aromatic rings. The molecule has 15 heavy (non-hydrogen) atoms. The maximum Gasteiger partial charge on any atom is 0.273 e. The summed E-state index contributed by atoms with van der Waals surface area (Å²) in [6.45, 7) is 1.94. The van der Waals surface area contributed by atoms with Crippen molar-refractivity contribution in [3.8, 4) is 11.1 Å². The molecule has 0 aromatic carbocycles. The van der Waals surface area contributed by atoms with Crippen molar-refractivity contribution in [2.24, 2.45) is 0 Å². The van der Waals surface area contributed by atoms with E-state index < -0.39 is 0 Å². The van der Waals surface area contributed by atoms with Crippen molar-refractivity contribution in [3.63, 3.8) is 0 Å². The standard InChI is InChI=1S/C11H8N2OS/c1-8-4-6-15-11(8)13-5-2-3-9(7-12)10(13)14/h2-6H,1H3. The lowest BCUT2D eigenvalue weighted by Crippen LogP contribution is -2.19. The van der Waals surface area contributed by atoms with Gasteiger partial charge in [-0.25, -0.2) is 0 Å². The van der Waals surface area contributed by atoms with Crippen LogP contribution >= 0.6 is 11.3 Å². The minimum atomic E-state index is -0.259. The van der Waals surface area contributed by atoms with Crippen LogP contribution in [-0.2, 0) is 0 Å². The van der Waals surface area contributed by atoms with Crippen LogP contribution in [0.2, 0.25) is 0 Å². The Labute approximate surface area is 90.8 Å². The van der Waals surface area contributed by atoms with Crippen LogP contribution in [0.1, 0.15) is 11.1 Å². The molecule has 0 atom stereocenters. The largest absolute Gasteiger partial charge is 0.274 e. The Morgan fingerprint density at radius 3 is 2.87 bits per heavy atom. The minimum Gasteiger partial charge on any atom is -0.274 e. The highest BCUT2D eigenvalue weighted by Gasteiger charge is 2.06. The van der Waals surface area contributed by atoms with Crippen molar-refractivity contribution in [2.45, 2.75) is 6.92 Å². The second kappa shape index (κ2) is 3.71. The third kappa shape index (κ3) is 1.58. The van der Waals surface area contributed by atoms with Gasteiger partial charge in [0.25, 0.3) is 5.56 Å². The first-order valence-corrected chi connectivity index (χ1v) is 5.28. The molecule has 4 heteroatoms. The molecular formula is C11H8N2OS. The first-order valence-electron chi connectivity index (χ1n) is 4.40. The number of hydrogen-bond donors (Lipinski definition) is 0. The van der Waals surface area contributed by atoms with Gasteiger partial charge >= 0.3 is 0 Å². The fraction of sp³-hybridized carbons (Fsp3) is 0.0909. The zero-order valence-corrected chi connectivity index (χ0v) is 8.91. The minimum absolute atomic E-state index is 0.172. The molecule has 0 radical (unpaired) electrons. The molecule has 0 saturated carbocycles. The number of nitriles is 1. The van der Waals surface area contributed by atoms with Gasteiger partial charge in [0, 0.05) is 6.20 Å². The van der Waals surface area contributed by atoms with Crippen molar-refractivity contribution < 1.29 is 0 Å². The van der Waals surface area contributed by atoms with E-state index in [1.807, 2.05) is 24.4 Å². The second-order valence-corrected chi connectivity index (χ2v) is 4.01. The molecule has 0 amide bonds. The predicted molar refractivity (Wildman–Crippen MR) is 59.4 cm³/mol. The molecule has 0 aliphatic carbocycles. The van der Waals surface area contributed by atoms with Crippen molar-refractivity contribution in [1.82, 2.24) is 4.57 Å². The van der Waals surface area contributed by atoms with Gasteiger partial charge in [0.1, 0.15) is 16.6 Å². The van der Waals surface area contributed by atoms with E-state index >= 15 is 0 Å². The summed E-state index contributed by atoms with van der Waals surface area (Å²) in [5.41, 5.74) is 0.952. The van der Waals surface area contributed by atoms with Crippen LogP contribution in [0.25, 0.3) is 5.00 Å². The van der Waals surface area contributed by atoms with E-state index in [4.69, 9.17) is 5.26 Å². The Balaban J connectivity index is 2.71. The van der Waals surface area contributed by atoms with E-state index in [0.29, 0.717) is 0 Å².